The van der Waals surface area contributed by atoms with Crippen LogP contribution in [0.15, 0.2) is 16.7 Å². The Hall–Kier alpha value is -0.800. The van der Waals surface area contributed by atoms with Gasteiger partial charge in [-0.05, 0) is 45.6 Å². The third-order valence-electron chi connectivity index (χ3n) is 4.33. The van der Waals surface area contributed by atoms with E-state index in [9.17, 15) is 0 Å². The molecule has 0 bridgehead atoms. The third kappa shape index (κ3) is 5.48. The molecule has 2 rings (SSSR count). The Bertz CT molecular complexity index is 419. The van der Waals surface area contributed by atoms with Gasteiger partial charge in [0, 0.05) is 17.6 Å². The average Bonchev–Trinajstić information content (AvgIpc) is 2.90. The van der Waals surface area contributed by atoms with Crippen molar-refractivity contribution in [1.82, 2.24) is 5.32 Å². The van der Waals surface area contributed by atoms with Crippen LogP contribution >= 0.6 is 0 Å². The summed E-state index contributed by atoms with van der Waals surface area (Å²) in [5, 5.41) is 3.47. The normalized spacial score (nSPS) is 23.4. The van der Waals surface area contributed by atoms with Crippen LogP contribution in [0, 0.1) is 5.92 Å². The molecule has 0 spiro atoms. The first-order chi connectivity index (χ1) is 9.98. The zero-order valence-corrected chi connectivity index (χ0v) is 14.1. The highest BCUT2D eigenvalue weighted by molar-refractivity contribution is 5.12. The predicted molar refractivity (Wildman–Crippen MR) is 86.1 cm³/mol. The molecule has 2 unspecified atom stereocenters. The van der Waals surface area contributed by atoms with Gasteiger partial charge in [-0.15, -0.1) is 0 Å². The molecule has 3 nitrogen and oxygen atoms in total. The Morgan fingerprint density at radius 1 is 1.29 bits per heavy atom. The van der Waals surface area contributed by atoms with E-state index >= 15 is 0 Å². The van der Waals surface area contributed by atoms with Gasteiger partial charge < -0.3 is 14.5 Å². The van der Waals surface area contributed by atoms with E-state index in [0.29, 0.717) is 12.7 Å². The van der Waals surface area contributed by atoms with Crippen LogP contribution in [-0.2, 0) is 17.9 Å². The molecule has 0 amide bonds. The second-order valence-electron chi connectivity index (χ2n) is 7.33. The van der Waals surface area contributed by atoms with E-state index in [1.54, 1.807) is 0 Å². The fourth-order valence-electron chi connectivity index (χ4n) is 3.01. The second kappa shape index (κ2) is 7.46. The monoisotopic (exact) mass is 293 g/mol. The van der Waals surface area contributed by atoms with Crippen LogP contribution in [0.2, 0.25) is 0 Å². The number of furan rings is 1. The van der Waals surface area contributed by atoms with E-state index in [-0.39, 0.29) is 5.54 Å². The maximum Gasteiger partial charge on any atom is 0.129 e. The minimum Gasteiger partial charge on any atom is -0.467 e. The van der Waals surface area contributed by atoms with Crippen LogP contribution < -0.4 is 5.32 Å². The third-order valence-corrected chi connectivity index (χ3v) is 4.33. The summed E-state index contributed by atoms with van der Waals surface area (Å²) in [5.74, 6) is 1.68. The zero-order chi connectivity index (χ0) is 15.3. The molecule has 0 radical (unpaired) electrons. The van der Waals surface area contributed by atoms with Crippen molar-refractivity contribution in [2.75, 3.05) is 0 Å². The molecule has 1 fully saturated rings. The zero-order valence-electron chi connectivity index (χ0n) is 14.1. The van der Waals surface area contributed by atoms with E-state index in [4.69, 9.17) is 9.15 Å². The van der Waals surface area contributed by atoms with Gasteiger partial charge in [0.25, 0.3) is 0 Å². The number of rotatable bonds is 6. The summed E-state index contributed by atoms with van der Waals surface area (Å²) < 4.78 is 11.7. The van der Waals surface area contributed by atoms with Gasteiger partial charge >= 0.3 is 0 Å². The van der Waals surface area contributed by atoms with Crippen molar-refractivity contribution in [2.24, 2.45) is 5.92 Å². The summed E-state index contributed by atoms with van der Waals surface area (Å²) in [7, 11) is 0. The largest absolute Gasteiger partial charge is 0.467 e. The van der Waals surface area contributed by atoms with Gasteiger partial charge in [-0.1, -0.05) is 26.2 Å². The summed E-state index contributed by atoms with van der Waals surface area (Å²) in [4.78, 5) is 0. The van der Waals surface area contributed by atoms with E-state index in [1.165, 1.54) is 37.7 Å². The van der Waals surface area contributed by atoms with Crippen LogP contribution in [0.25, 0.3) is 0 Å². The first kappa shape index (κ1) is 16.6. The van der Waals surface area contributed by atoms with Crippen molar-refractivity contribution >= 4 is 0 Å². The van der Waals surface area contributed by atoms with Gasteiger partial charge in [-0.2, -0.15) is 0 Å². The molecule has 0 aliphatic heterocycles. The Morgan fingerprint density at radius 2 is 2.05 bits per heavy atom. The molecule has 1 N–H and O–H groups in total. The molecule has 120 valence electrons. The van der Waals surface area contributed by atoms with Crippen molar-refractivity contribution in [3.8, 4) is 0 Å². The summed E-state index contributed by atoms with van der Waals surface area (Å²) in [6.45, 7) is 10.2. The highest BCUT2D eigenvalue weighted by Crippen LogP contribution is 2.29. The van der Waals surface area contributed by atoms with Gasteiger partial charge in [-0.25, -0.2) is 0 Å². The quantitative estimate of drug-likeness (QED) is 0.828. The van der Waals surface area contributed by atoms with E-state index in [1.807, 2.05) is 6.26 Å². The van der Waals surface area contributed by atoms with Gasteiger partial charge in [0.05, 0.1) is 12.4 Å². The SMILES string of the molecule is CCC1CCCCC1OCc1cc(CNC(C)(C)C)co1. The van der Waals surface area contributed by atoms with Crippen molar-refractivity contribution in [2.45, 2.75) is 84.6 Å². The maximum atomic E-state index is 6.12. The van der Waals surface area contributed by atoms with Gasteiger partial charge in [0.1, 0.15) is 12.4 Å². The Balaban J connectivity index is 1.79. The van der Waals surface area contributed by atoms with Gasteiger partial charge in [0.15, 0.2) is 0 Å². The maximum absolute atomic E-state index is 6.12. The lowest BCUT2D eigenvalue weighted by atomic mass is 9.85. The van der Waals surface area contributed by atoms with Crippen molar-refractivity contribution in [3.05, 3.63) is 23.7 Å². The number of hydrogen-bond acceptors (Lipinski definition) is 3. The fraction of sp³-hybridized carbons (Fsp3) is 0.778. The van der Waals surface area contributed by atoms with Gasteiger partial charge in [0.2, 0.25) is 0 Å². The van der Waals surface area contributed by atoms with Crippen LogP contribution in [0.3, 0.4) is 0 Å². The molecular weight excluding hydrogens is 262 g/mol. The van der Waals surface area contributed by atoms with E-state index < -0.39 is 0 Å². The van der Waals surface area contributed by atoms with Crippen LogP contribution in [0.1, 0.15) is 71.1 Å². The molecule has 0 aromatic carbocycles. The number of ether oxygens (including phenoxy) is 1. The Kier molecular flexibility index (Phi) is 5.88. The standard InChI is InChI=1S/C18H31NO2/c1-5-15-8-6-7-9-17(15)21-13-16-10-14(12-20-16)11-19-18(2,3)4/h10,12,15,17,19H,5-9,11,13H2,1-4H3. The smallest absolute Gasteiger partial charge is 0.129 e. The molecule has 1 aromatic heterocycles. The second-order valence-corrected chi connectivity index (χ2v) is 7.33. The highest BCUT2D eigenvalue weighted by atomic mass is 16.5. The molecule has 1 aliphatic rings. The molecule has 21 heavy (non-hydrogen) atoms. The van der Waals surface area contributed by atoms with Crippen molar-refractivity contribution in [1.29, 1.82) is 0 Å². The topological polar surface area (TPSA) is 34.4 Å². The predicted octanol–water partition coefficient (Wildman–Crippen LogP) is 4.65. The molecule has 2 atom stereocenters. The number of nitrogens with one attached hydrogen (secondary N) is 1. The molecule has 1 saturated carbocycles. The molecule has 1 aliphatic carbocycles. The Labute approximate surface area is 129 Å². The molecular formula is C18H31NO2. The van der Waals surface area contributed by atoms with Crippen LogP contribution in [0.5, 0.6) is 0 Å². The first-order valence-electron chi connectivity index (χ1n) is 8.41. The Morgan fingerprint density at radius 3 is 2.76 bits per heavy atom. The minimum absolute atomic E-state index is 0.129. The average molecular weight is 293 g/mol. The molecule has 1 aromatic rings. The lowest BCUT2D eigenvalue weighted by Crippen LogP contribution is -2.34. The lowest BCUT2D eigenvalue weighted by molar-refractivity contribution is -0.0283. The number of hydrogen-bond donors (Lipinski definition) is 1. The van der Waals surface area contributed by atoms with E-state index in [2.05, 4.69) is 39.1 Å². The first-order valence-corrected chi connectivity index (χ1v) is 8.41. The fourth-order valence-corrected chi connectivity index (χ4v) is 3.01. The molecule has 3 heteroatoms. The lowest BCUT2D eigenvalue weighted by Gasteiger charge is -2.30. The summed E-state index contributed by atoms with van der Waals surface area (Å²) in [6, 6.07) is 2.11. The summed E-state index contributed by atoms with van der Waals surface area (Å²) in [6.07, 6.45) is 8.68. The van der Waals surface area contributed by atoms with Crippen LogP contribution in [-0.4, -0.2) is 11.6 Å². The highest BCUT2D eigenvalue weighted by Gasteiger charge is 2.24. The van der Waals surface area contributed by atoms with Crippen molar-refractivity contribution < 1.29 is 9.15 Å². The van der Waals surface area contributed by atoms with Crippen molar-refractivity contribution in [3.63, 3.8) is 0 Å². The molecule has 0 saturated heterocycles. The van der Waals surface area contributed by atoms with E-state index in [0.717, 1.165) is 18.2 Å². The summed E-state index contributed by atoms with van der Waals surface area (Å²) >= 11 is 0. The molecule has 1 heterocycles. The van der Waals surface area contributed by atoms with Gasteiger partial charge in [-0.3, -0.25) is 0 Å². The minimum atomic E-state index is 0.129. The summed E-state index contributed by atoms with van der Waals surface area (Å²) in [5.41, 5.74) is 1.32. The van der Waals surface area contributed by atoms with Crippen LogP contribution in [0.4, 0.5) is 0 Å².